The van der Waals surface area contributed by atoms with Crippen LogP contribution in [0.15, 0.2) is 45.1 Å². The van der Waals surface area contributed by atoms with Crippen molar-refractivity contribution in [3.63, 3.8) is 0 Å². The fraction of sp³-hybridized carbons (Fsp3) is 0.167. The quantitative estimate of drug-likeness (QED) is 0.426. The molecule has 7 nitrogen and oxygen atoms in total. The molecule has 106 valence electrons. The first-order valence-corrected chi connectivity index (χ1v) is 6.84. The van der Waals surface area contributed by atoms with Crippen molar-refractivity contribution in [1.82, 2.24) is 0 Å². The lowest BCUT2D eigenvalue weighted by Crippen LogP contribution is -2.23. The number of benzene rings is 1. The van der Waals surface area contributed by atoms with Gasteiger partial charge >= 0.3 is 5.97 Å². The summed E-state index contributed by atoms with van der Waals surface area (Å²) in [5, 5.41) is 11.7. The van der Waals surface area contributed by atoms with Crippen LogP contribution in [0.2, 0.25) is 0 Å². The molecule has 1 heterocycles. The second kappa shape index (κ2) is 4.97. The molecule has 0 spiro atoms. The molecule has 8 heteroatoms. The highest BCUT2D eigenvalue weighted by molar-refractivity contribution is 7.90. The number of hydrogen-bond acceptors (Lipinski definition) is 6. The van der Waals surface area contributed by atoms with Crippen LogP contribution in [0.5, 0.6) is 0 Å². The highest BCUT2D eigenvalue weighted by Gasteiger charge is 2.33. The molecule has 2 rings (SSSR count). The number of carbonyl (C=O) groups excluding carboxylic acids is 1. The van der Waals surface area contributed by atoms with Crippen molar-refractivity contribution in [3.05, 3.63) is 41.3 Å². The fourth-order valence-corrected chi connectivity index (χ4v) is 2.99. The molecule has 0 amide bonds. The molecule has 0 aliphatic carbocycles. The van der Waals surface area contributed by atoms with Gasteiger partial charge in [0.05, 0.1) is 18.0 Å². The van der Waals surface area contributed by atoms with Gasteiger partial charge in [-0.15, -0.1) is 0 Å². The number of esters is 1. The van der Waals surface area contributed by atoms with E-state index in [1.807, 2.05) is 0 Å². The van der Waals surface area contributed by atoms with E-state index in [-0.39, 0.29) is 16.2 Å². The summed E-state index contributed by atoms with van der Waals surface area (Å²) in [6.07, 6.45) is 0. The number of sulfonamides is 1. The van der Waals surface area contributed by atoms with Crippen LogP contribution >= 0.6 is 0 Å². The van der Waals surface area contributed by atoms with E-state index in [2.05, 4.69) is 13.9 Å². The van der Waals surface area contributed by atoms with E-state index in [9.17, 15) is 18.3 Å². The van der Waals surface area contributed by atoms with Crippen molar-refractivity contribution in [3.8, 4) is 0 Å². The summed E-state index contributed by atoms with van der Waals surface area (Å²) in [4.78, 5) is 11.6. The molecule has 1 aliphatic rings. The maximum atomic E-state index is 11.9. The molecular weight excluding hydrogens is 286 g/mol. The third-order valence-electron chi connectivity index (χ3n) is 2.65. The molecule has 0 saturated carbocycles. The highest BCUT2D eigenvalue weighted by atomic mass is 32.2. The lowest BCUT2D eigenvalue weighted by atomic mass is 10.0. The summed E-state index contributed by atoms with van der Waals surface area (Å²) in [5.74, 6) is -2.02. The first kappa shape index (κ1) is 14.1. The van der Waals surface area contributed by atoms with Gasteiger partial charge in [-0.25, -0.2) is 4.79 Å². The molecular formula is C12H10NO6S-. The van der Waals surface area contributed by atoms with Crippen molar-refractivity contribution in [2.45, 2.75) is 4.90 Å². The minimum absolute atomic E-state index is 0.0692. The van der Waals surface area contributed by atoms with E-state index in [0.717, 1.165) is 14.2 Å². The van der Waals surface area contributed by atoms with E-state index in [1.54, 1.807) is 6.07 Å². The predicted molar refractivity (Wildman–Crippen MR) is 66.2 cm³/mol. The van der Waals surface area contributed by atoms with Crippen LogP contribution in [0.3, 0.4) is 0 Å². The Hall–Kier alpha value is -2.35. The number of nitrogens with zero attached hydrogens (tertiary/aromatic N) is 1. The van der Waals surface area contributed by atoms with Crippen LogP contribution in [0.1, 0.15) is 5.56 Å². The minimum Gasteiger partial charge on any atom is -0.616 e. The Labute approximate surface area is 115 Å². The standard InChI is InChI=1S/C12H11NO6S/c1-18-11(14)9(12(15)19-2)10-7-5-3-4-6-8(7)20(16,17)13-10/h3-6,14H,1-2H3/p-1/b11-9-. The van der Waals surface area contributed by atoms with Crippen molar-refractivity contribution >= 4 is 21.7 Å². The van der Waals surface area contributed by atoms with Crippen molar-refractivity contribution in [2.75, 3.05) is 14.2 Å². The van der Waals surface area contributed by atoms with E-state index < -0.39 is 27.5 Å². The van der Waals surface area contributed by atoms with Crippen LogP contribution in [-0.2, 0) is 24.3 Å². The Bertz CT molecular complexity index is 732. The molecule has 0 N–H and O–H groups in total. The third-order valence-corrected chi connectivity index (χ3v) is 3.98. The smallest absolute Gasteiger partial charge is 0.341 e. The number of hydrogen-bond donors (Lipinski definition) is 0. The Morgan fingerprint density at radius 1 is 1.20 bits per heavy atom. The van der Waals surface area contributed by atoms with Crippen LogP contribution in [-0.4, -0.2) is 34.3 Å². The molecule has 20 heavy (non-hydrogen) atoms. The van der Waals surface area contributed by atoms with Gasteiger partial charge in [-0.05, 0) is 13.2 Å². The van der Waals surface area contributed by atoms with Crippen molar-refractivity contribution in [1.29, 1.82) is 0 Å². The number of fused-ring (bicyclic) bond motifs is 1. The molecule has 0 bridgehead atoms. The molecule has 0 aromatic heterocycles. The third kappa shape index (κ3) is 2.14. The van der Waals surface area contributed by atoms with Crippen LogP contribution in [0.4, 0.5) is 0 Å². The largest absolute Gasteiger partial charge is 0.616 e. The predicted octanol–water partition coefficient (Wildman–Crippen LogP) is -0.431. The zero-order valence-electron chi connectivity index (χ0n) is 10.6. The van der Waals surface area contributed by atoms with Gasteiger partial charge in [0.1, 0.15) is 11.3 Å². The van der Waals surface area contributed by atoms with Crippen LogP contribution < -0.4 is 5.11 Å². The molecule has 1 aromatic rings. The lowest BCUT2D eigenvalue weighted by Gasteiger charge is -2.15. The first-order chi connectivity index (χ1) is 9.42. The van der Waals surface area contributed by atoms with Gasteiger partial charge < -0.3 is 14.6 Å². The fourth-order valence-electron chi connectivity index (χ4n) is 1.77. The molecule has 0 saturated heterocycles. The van der Waals surface area contributed by atoms with E-state index in [0.29, 0.717) is 0 Å². The molecule has 1 aliphatic heterocycles. The van der Waals surface area contributed by atoms with Crippen LogP contribution in [0, 0.1) is 0 Å². The van der Waals surface area contributed by atoms with Crippen LogP contribution in [0.25, 0.3) is 0 Å². The average Bonchev–Trinajstić information content (AvgIpc) is 2.71. The topological polar surface area (TPSA) is 105 Å². The Kier molecular flexibility index (Phi) is 3.49. The second-order valence-electron chi connectivity index (χ2n) is 3.77. The summed E-state index contributed by atoms with van der Waals surface area (Å²) in [6.45, 7) is 0. The maximum absolute atomic E-state index is 11.9. The maximum Gasteiger partial charge on any atom is 0.341 e. The molecule has 0 radical (unpaired) electrons. The zero-order valence-corrected chi connectivity index (χ0v) is 11.4. The van der Waals surface area contributed by atoms with Crippen molar-refractivity contribution < 1.29 is 27.8 Å². The van der Waals surface area contributed by atoms with Gasteiger partial charge in [0.2, 0.25) is 0 Å². The summed E-state index contributed by atoms with van der Waals surface area (Å²) in [6, 6.07) is 5.88. The Morgan fingerprint density at radius 3 is 2.45 bits per heavy atom. The summed E-state index contributed by atoms with van der Waals surface area (Å²) >= 11 is 0. The summed E-state index contributed by atoms with van der Waals surface area (Å²) < 4.78 is 36.2. The van der Waals surface area contributed by atoms with Gasteiger partial charge in [0.15, 0.2) is 0 Å². The molecule has 1 aromatic carbocycles. The summed E-state index contributed by atoms with van der Waals surface area (Å²) in [7, 11) is -1.79. The van der Waals surface area contributed by atoms with Crippen molar-refractivity contribution in [2.24, 2.45) is 4.40 Å². The highest BCUT2D eigenvalue weighted by Crippen LogP contribution is 2.29. The van der Waals surface area contributed by atoms with E-state index >= 15 is 0 Å². The minimum atomic E-state index is -3.93. The molecule has 0 fully saturated rings. The normalized spacial score (nSPS) is 16.8. The first-order valence-electron chi connectivity index (χ1n) is 5.40. The second-order valence-corrected chi connectivity index (χ2v) is 5.34. The van der Waals surface area contributed by atoms with Gasteiger partial charge in [-0.1, -0.05) is 18.2 Å². The molecule has 0 unspecified atom stereocenters. The van der Waals surface area contributed by atoms with E-state index in [1.165, 1.54) is 18.2 Å². The number of rotatable bonds is 3. The van der Waals surface area contributed by atoms with Gasteiger partial charge in [0.25, 0.3) is 10.0 Å². The number of methoxy groups -OCH3 is 2. The SMILES string of the molecule is COC(=O)/C(C1=NS(=O)(=O)c2ccccc21)=C(/[O-])OC. The Morgan fingerprint density at radius 2 is 1.85 bits per heavy atom. The monoisotopic (exact) mass is 296 g/mol. The van der Waals surface area contributed by atoms with E-state index in [4.69, 9.17) is 0 Å². The number of carbonyl (C=O) groups is 1. The van der Waals surface area contributed by atoms with Gasteiger partial charge in [0, 0.05) is 5.56 Å². The zero-order chi connectivity index (χ0) is 14.9. The number of ether oxygens (including phenoxy) is 2. The molecule has 0 atom stereocenters. The average molecular weight is 296 g/mol. The summed E-state index contributed by atoms with van der Waals surface area (Å²) in [5.41, 5.74) is -0.652. The van der Waals surface area contributed by atoms with Gasteiger partial charge in [-0.2, -0.15) is 12.8 Å². The van der Waals surface area contributed by atoms with Gasteiger partial charge in [-0.3, -0.25) is 0 Å². The Balaban J connectivity index is 2.73. The lowest BCUT2D eigenvalue weighted by molar-refractivity contribution is -0.354.